The maximum absolute atomic E-state index is 10.9. The Balaban J connectivity index is 1.95. The summed E-state index contributed by atoms with van der Waals surface area (Å²) in [5.74, 6) is -0.935. The van der Waals surface area contributed by atoms with Crippen molar-refractivity contribution in [1.82, 2.24) is 9.38 Å². The van der Waals surface area contributed by atoms with Crippen LogP contribution in [0.4, 0.5) is 0 Å². The average molecular weight is 266 g/mol. The molecule has 0 saturated carbocycles. The number of pyridine rings is 1. The second kappa shape index (κ2) is 4.81. The molecule has 0 aliphatic carbocycles. The van der Waals surface area contributed by atoms with Crippen molar-refractivity contribution in [3.05, 3.63) is 71.2 Å². The molecule has 0 unspecified atom stereocenters. The minimum Gasteiger partial charge on any atom is -0.478 e. The van der Waals surface area contributed by atoms with Crippen molar-refractivity contribution in [3.8, 4) is 0 Å². The van der Waals surface area contributed by atoms with E-state index in [0.29, 0.717) is 5.65 Å². The number of hydrogen-bond acceptors (Lipinski definition) is 2. The van der Waals surface area contributed by atoms with Gasteiger partial charge in [-0.3, -0.25) is 0 Å². The topological polar surface area (TPSA) is 54.6 Å². The molecule has 0 fully saturated rings. The van der Waals surface area contributed by atoms with Gasteiger partial charge in [0, 0.05) is 18.8 Å². The summed E-state index contributed by atoms with van der Waals surface area (Å²) < 4.78 is 1.84. The fraction of sp³-hybridized carbons (Fsp3) is 0.125. The number of carboxylic acids is 1. The van der Waals surface area contributed by atoms with E-state index in [-0.39, 0.29) is 5.56 Å². The second-order valence-electron chi connectivity index (χ2n) is 4.88. The minimum atomic E-state index is -0.935. The van der Waals surface area contributed by atoms with E-state index >= 15 is 0 Å². The fourth-order valence-electron chi connectivity index (χ4n) is 2.28. The average Bonchev–Trinajstić information content (AvgIpc) is 2.79. The molecule has 0 aliphatic rings. The molecular weight excluding hydrogens is 252 g/mol. The summed E-state index contributed by atoms with van der Waals surface area (Å²) in [5.41, 5.74) is 4.27. The Hall–Kier alpha value is -2.62. The van der Waals surface area contributed by atoms with E-state index in [9.17, 15) is 4.79 Å². The van der Waals surface area contributed by atoms with Crippen molar-refractivity contribution in [2.75, 3.05) is 0 Å². The number of nitrogens with zero attached hydrogens (tertiary/aromatic N) is 2. The van der Waals surface area contributed by atoms with Crippen molar-refractivity contribution in [1.29, 1.82) is 0 Å². The van der Waals surface area contributed by atoms with Crippen molar-refractivity contribution >= 4 is 11.6 Å². The number of imidazole rings is 1. The van der Waals surface area contributed by atoms with E-state index in [1.807, 2.05) is 16.7 Å². The van der Waals surface area contributed by atoms with Crippen molar-refractivity contribution in [3.63, 3.8) is 0 Å². The van der Waals surface area contributed by atoms with Crippen LogP contribution in [-0.4, -0.2) is 20.5 Å². The summed E-state index contributed by atoms with van der Waals surface area (Å²) in [4.78, 5) is 15.4. The molecule has 20 heavy (non-hydrogen) atoms. The van der Waals surface area contributed by atoms with Gasteiger partial charge in [-0.2, -0.15) is 0 Å². The Bertz CT molecular complexity index is 790. The Kier molecular flexibility index (Phi) is 2.99. The highest BCUT2D eigenvalue weighted by Gasteiger charge is 2.07. The second-order valence-corrected chi connectivity index (χ2v) is 4.88. The number of carboxylic acid groups (broad SMARTS) is 1. The molecule has 0 aliphatic heterocycles. The van der Waals surface area contributed by atoms with Crippen LogP contribution < -0.4 is 0 Å². The quantitative estimate of drug-likeness (QED) is 0.793. The maximum Gasteiger partial charge on any atom is 0.335 e. The lowest BCUT2D eigenvalue weighted by Crippen LogP contribution is -1.96. The number of aromatic carboxylic acids is 1. The van der Waals surface area contributed by atoms with Crippen LogP contribution in [-0.2, 0) is 6.42 Å². The third-order valence-corrected chi connectivity index (χ3v) is 3.22. The molecule has 2 heterocycles. The number of benzene rings is 1. The molecule has 100 valence electrons. The monoisotopic (exact) mass is 266 g/mol. The first-order chi connectivity index (χ1) is 9.61. The summed E-state index contributed by atoms with van der Waals surface area (Å²) in [6.45, 7) is 2.06. The first-order valence-electron chi connectivity index (χ1n) is 6.38. The lowest BCUT2D eigenvalue weighted by molar-refractivity contribution is 0.0697. The molecule has 0 saturated heterocycles. The lowest BCUT2D eigenvalue weighted by atomic mass is 10.1. The minimum absolute atomic E-state index is 0.255. The van der Waals surface area contributed by atoms with Crippen LogP contribution in [0.3, 0.4) is 0 Å². The van der Waals surface area contributed by atoms with Crippen molar-refractivity contribution < 1.29 is 9.90 Å². The molecule has 3 aromatic rings. The molecule has 0 spiro atoms. The van der Waals surface area contributed by atoms with Gasteiger partial charge in [-0.05, 0) is 24.6 Å². The van der Waals surface area contributed by atoms with Crippen LogP contribution in [0, 0.1) is 6.92 Å². The van der Waals surface area contributed by atoms with Gasteiger partial charge in [0.1, 0.15) is 5.65 Å². The number of aryl methyl sites for hydroxylation is 1. The van der Waals surface area contributed by atoms with E-state index < -0.39 is 5.97 Å². The molecular formula is C16H14N2O2. The fourth-order valence-corrected chi connectivity index (χ4v) is 2.28. The third-order valence-electron chi connectivity index (χ3n) is 3.22. The van der Waals surface area contributed by atoms with Gasteiger partial charge in [0.05, 0.1) is 11.3 Å². The Morgan fingerprint density at radius 2 is 2.15 bits per heavy atom. The first kappa shape index (κ1) is 12.4. The number of carbonyl (C=O) groups is 1. The summed E-state index contributed by atoms with van der Waals surface area (Å²) in [6.07, 6.45) is 4.40. The van der Waals surface area contributed by atoms with Gasteiger partial charge in [-0.1, -0.05) is 29.8 Å². The van der Waals surface area contributed by atoms with Gasteiger partial charge in [-0.25, -0.2) is 9.78 Å². The highest BCUT2D eigenvalue weighted by atomic mass is 16.4. The number of aromatic nitrogens is 2. The van der Waals surface area contributed by atoms with E-state index in [4.69, 9.17) is 5.11 Å². The van der Waals surface area contributed by atoms with Crippen LogP contribution in [0.5, 0.6) is 0 Å². The zero-order chi connectivity index (χ0) is 14.1. The normalized spacial score (nSPS) is 10.8. The Morgan fingerprint density at radius 1 is 1.30 bits per heavy atom. The molecule has 4 nitrogen and oxygen atoms in total. The van der Waals surface area contributed by atoms with Crippen LogP contribution in [0.2, 0.25) is 0 Å². The summed E-state index contributed by atoms with van der Waals surface area (Å²) in [5, 5.41) is 8.98. The molecule has 4 heteroatoms. The van der Waals surface area contributed by atoms with Gasteiger partial charge >= 0.3 is 5.97 Å². The van der Waals surface area contributed by atoms with Crippen molar-refractivity contribution in [2.45, 2.75) is 13.3 Å². The smallest absolute Gasteiger partial charge is 0.335 e. The zero-order valence-corrected chi connectivity index (χ0v) is 11.1. The number of fused-ring (bicyclic) bond motifs is 1. The predicted molar refractivity (Wildman–Crippen MR) is 76.1 cm³/mol. The molecule has 1 aromatic carbocycles. The van der Waals surface area contributed by atoms with Crippen LogP contribution in [0.15, 0.2) is 48.8 Å². The molecule has 1 N–H and O–H groups in total. The molecule has 3 rings (SSSR count). The van der Waals surface area contributed by atoms with Crippen LogP contribution in [0.1, 0.15) is 27.2 Å². The van der Waals surface area contributed by atoms with E-state index in [2.05, 4.69) is 30.1 Å². The van der Waals surface area contributed by atoms with Crippen LogP contribution in [0.25, 0.3) is 5.65 Å². The SMILES string of the molecule is Cc1cccc(Cc2cn3ccc(C(=O)O)cc3n2)c1. The number of rotatable bonds is 3. The Morgan fingerprint density at radius 3 is 2.90 bits per heavy atom. The van der Waals surface area contributed by atoms with Crippen LogP contribution >= 0.6 is 0 Å². The van der Waals surface area contributed by atoms with Gasteiger partial charge < -0.3 is 9.51 Å². The third kappa shape index (κ3) is 2.40. The van der Waals surface area contributed by atoms with E-state index in [1.54, 1.807) is 18.3 Å². The summed E-state index contributed by atoms with van der Waals surface area (Å²) in [6, 6.07) is 11.5. The molecule has 0 bridgehead atoms. The van der Waals surface area contributed by atoms with E-state index in [1.165, 1.54) is 11.1 Å². The van der Waals surface area contributed by atoms with Gasteiger partial charge in [0.15, 0.2) is 0 Å². The highest BCUT2D eigenvalue weighted by Crippen LogP contribution is 2.13. The lowest BCUT2D eigenvalue weighted by Gasteiger charge is -1.99. The molecule has 2 aromatic heterocycles. The Labute approximate surface area is 116 Å². The predicted octanol–water partition coefficient (Wildman–Crippen LogP) is 2.93. The molecule has 0 atom stereocenters. The largest absolute Gasteiger partial charge is 0.478 e. The van der Waals surface area contributed by atoms with E-state index in [0.717, 1.165) is 12.1 Å². The maximum atomic E-state index is 10.9. The summed E-state index contributed by atoms with van der Waals surface area (Å²) in [7, 11) is 0. The van der Waals surface area contributed by atoms with Gasteiger partial charge in [0.2, 0.25) is 0 Å². The molecule has 0 amide bonds. The van der Waals surface area contributed by atoms with Crippen molar-refractivity contribution in [2.24, 2.45) is 0 Å². The summed E-state index contributed by atoms with van der Waals surface area (Å²) >= 11 is 0. The first-order valence-corrected chi connectivity index (χ1v) is 6.38. The molecule has 0 radical (unpaired) electrons. The zero-order valence-electron chi connectivity index (χ0n) is 11.1. The highest BCUT2D eigenvalue weighted by molar-refractivity contribution is 5.88. The number of hydrogen-bond donors (Lipinski definition) is 1. The van der Waals surface area contributed by atoms with Gasteiger partial charge in [-0.15, -0.1) is 0 Å². The standard InChI is InChI=1S/C16H14N2O2/c1-11-3-2-4-12(7-11)8-14-10-18-6-5-13(16(19)20)9-15(18)17-14/h2-7,9-10H,8H2,1H3,(H,19,20). The van der Waals surface area contributed by atoms with Gasteiger partial charge in [0.25, 0.3) is 0 Å².